The van der Waals surface area contributed by atoms with Crippen molar-refractivity contribution < 1.29 is 9.18 Å². The Morgan fingerprint density at radius 1 is 1.29 bits per heavy atom. The van der Waals surface area contributed by atoms with E-state index in [4.69, 9.17) is 5.73 Å². The standard InChI is InChI=1S/C11H9FN4O/c12-9-2-1-8(13)3-10(9)16-11(17)7-4-14-6-15-5-7/h1-6H,13H2,(H,16,17). The number of nitrogens with zero attached hydrogens (tertiary/aromatic N) is 2. The smallest absolute Gasteiger partial charge is 0.258 e. The topological polar surface area (TPSA) is 80.9 Å². The summed E-state index contributed by atoms with van der Waals surface area (Å²) >= 11 is 0. The molecule has 0 saturated carbocycles. The number of hydrogen-bond donors (Lipinski definition) is 2. The molecule has 3 N–H and O–H groups in total. The number of nitrogens with two attached hydrogens (primary N) is 1. The second kappa shape index (κ2) is 4.56. The van der Waals surface area contributed by atoms with Crippen LogP contribution < -0.4 is 11.1 Å². The van der Waals surface area contributed by atoms with Crippen molar-refractivity contribution in [1.82, 2.24) is 9.97 Å². The average Bonchev–Trinajstić information content (AvgIpc) is 2.35. The van der Waals surface area contributed by atoms with Gasteiger partial charge in [0.05, 0.1) is 11.3 Å². The van der Waals surface area contributed by atoms with E-state index in [9.17, 15) is 9.18 Å². The van der Waals surface area contributed by atoms with Gasteiger partial charge in [-0.3, -0.25) is 4.79 Å². The van der Waals surface area contributed by atoms with Gasteiger partial charge in [-0.2, -0.15) is 0 Å². The number of carbonyl (C=O) groups excluding carboxylic acids is 1. The second-order valence-electron chi connectivity index (χ2n) is 3.32. The van der Waals surface area contributed by atoms with Crippen molar-refractivity contribution >= 4 is 17.3 Å². The van der Waals surface area contributed by atoms with Gasteiger partial charge < -0.3 is 11.1 Å². The molecule has 0 spiro atoms. The van der Waals surface area contributed by atoms with E-state index in [-0.39, 0.29) is 11.3 Å². The highest BCUT2D eigenvalue weighted by atomic mass is 19.1. The molecule has 6 heteroatoms. The van der Waals surface area contributed by atoms with Crippen LogP contribution in [0.5, 0.6) is 0 Å². The monoisotopic (exact) mass is 232 g/mol. The van der Waals surface area contributed by atoms with Crippen LogP contribution in [0.15, 0.2) is 36.9 Å². The Balaban J connectivity index is 2.22. The Labute approximate surface area is 96.5 Å². The first-order valence-corrected chi connectivity index (χ1v) is 4.78. The van der Waals surface area contributed by atoms with Gasteiger partial charge >= 0.3 is 0 Å². The molecular formula is C11H9FN4O. The fourth-order valence-electron chi connectivity index (χ4n) is 1.25. The van der Waals surface area contributed by atoms with E-state index < -0.39 is 11.7 Å². The van der Waals surface area contributed by atoms with Gasteiger partial charge in [-0.1, -0.05) is 0 Å². The average molecular weight is 232 g/mol. The number of nitrogen functional groups attached to an aromatic ring is 1. The fourth-order valence-corrected chi connectivity index (χ4v) is 1.25. The fraction of sp³-hybridized carbons (Fsp3) is 0. The first-order chi connectivity index (χ1) is 8.16. The molecule has 17 heavy (non-hydrogen) atoms. The van der Waals surface area contributed by atoms with Gasteiger partial charge in [0.25, 0.3) is 5.91 Å². The summed E-state index contributed by atoms with van der Waals surface area (Å²) in [6, 6.07) is 3.94. The molecule has 0 fully saturated rings. The third-order valence-electron chi connectivity index (χ3n) is 2.06. The van der Waals surface area contributed by atoms with Crippen LogP contribution in [0.25, 0.3) is 0 Å². The normalized spacial score (nSPS) is 9.94. The zero-order valence-corrected chi connectivity index (χ0v) is 8.72. The van der Waals surface area contributed by atoms with Gasteiger partial charge in [-0.05, 0) is 18.2 Å². The van der Waals surface area contributed by atoms with Crippen LogP contribution in [-0.4, -0.2) is 15.9 Å². The first kappa shape index (κ1) is 11.0. The van der Waals surface area contributed by atoms with Gasteiger partial charge in [-0.25, -0.2) is 14.4 Å². The van der Waals surface area contributed by atoms with E-state index in [2.05, 4.69) is 15.3 Å². The lowest BCUT2D eigenvalue weighted by atomic mass is 10.2. The first-order valence-electron chi connectivity index (χ1n) is 4.78. The second-order valence-corrected chi connectivity index (χ2v) is 3.32. The highest BCUT2D eigenvalue weighted by molar-refractivity contribution is 6.04. The number of aromatic nitrogens is 2. The molecule has 0 atom stereocenters. The number of anilines is 2. The number of nitrogens with one attached hydrogen (secondary N) is 1. The molecule has 0 saturated heterocycles. The van der Waals surface area contributed by atoms with Crippen molar-refractivity contribution in [3.8, 4) is 0 Å². The summed E-state index contributed by atoms with van der Waals surface area (Å²) in [5.74, 6) is -1.04. The van der Waals surface area contributed by atoms with Crippen molar-refractivity contribution in [3.05, 3.63) is 48.3 Å². The maximum absolute atomic E-state index is 13.3. The van der Waals surface area contributed by atoms with E-state index in [0.717, 1.165) is 0 Å². The van der Waals surface area contributed by atoms with Crippen molar-refractivity contribution in [2.45, 2.75) is 0 Å². The van der Waals surface area contributed by atoms with Crippen molar-refractivity contribution in [3.63, 3.8) is 0 Å². The number of carbonyl (C=O) groups is 1. The zero-order valence-electron chi connectivity index (χ0n) is 8.72. The summed E-state index contributed by atoms with van der Waals surface area (Å²) in [6.07, 6.45) is 3.98. The van der Waals surface area contributed by atoms with Crippen LogP contribution in [0.3, 0.4) is 0 Å². The van der Waals surface area contributed by atoms with Gasteiger partial charge in [0.1, 0.15) is 12.1 Å². The summed E-state index contributed by atoms with van der Waals surface area (Å²) in [4.78, 5) is 19.1. The maximum atomic E-state index is 13.3. The zero-order chi connectivity index (χ0) is 12.3. The molecule has 0 unspecified atom stereocenters. The van der Waals surface area contributed by atoms with E-state index in [1.165, 1.54) is 36.9 Å². The molecule has 0 bridgehead atoms. The van der Waals surface area contributed by atoms with Crippen LogP contribution in [0, 0.1) is 5.82 Å². The quantitative estimate of drug-likeness (QED) is 0.768. The molecule has 2 rings (SSSR count). The van der Waals surface area contributed by atoms with E-state index in [1.54, 1.807) is 0 Å². The highest BCUT2D eigenvalue weighted by Crippen LogP contribution is 2.17. The Morgan fingerprint density at radius 3 is 2.71 bits per heavy atom. The third kappa shape index (κ3) is 2.54. The van der Waals surface area contributed by atoms with Crippen molar-refractivity contribution in [2.75, 3.05) is 11.1 Å². The van der Waals surface area contributed by atoms with E-state index in [0.29, 0.717) is 5.69 Å². The number of halogens is 1. The molecule has 2 aromatic rings. The molecule has 0 radical (unpaired) electrons. The predicted molar refractivity (Wildman–Crippen MR) is 60.8 cm³/mol. The Kier molecular flexibility index (Phi) is 2.95. The Morgan fingerprint density at radius 2 is 2.00 bits per heavy atom. The minimum atomic E-state index is -0.551. The van der Waals surface area contributed by atoms with Crippen LogP contribution in [0.1, 0.15) is 10.4 Å². The summed E-state index contributed by atoms with van der Waals surface area (Å²) in [5.41, 5.74) is 6.14. The molecule has 5 nitrogen and oxygen atoms in total. The summed E-state index contributed by atoms with van der Waals surface area (Å²) in [6.45, 7) is 0. The van der Waals surface area contributed by atoms with E-state index >= 15 is 0 Å². The predicted octanol–water partition coefficient (Wildman–Crippen LogP) is 1.45. The van der Waals surface area contributed by atoms with Crippen molar-refractivity contribution in [2.24, 2.45) is 0 Å². The molecule has 0 aliphatic heterocycles. The lowest BCUT2D eigenvalue weighted by molar-refractivity contribution is 0.102. The maximum Gasteiger partial charge on any atom is 0.258 e. The summed E-state index contributed by atoms with van der Waals surface area (Å²) in [7, 11) is 0. The van der Waals surface area contributed by atoms with Gasteiger partial charge in [0.2, 0.25) is 0 Å². The van der Waals surface area contributed by atoms with Crippen LogP contribution in [-0.2, 0) is 0 Å². The number of rotatable bonds is 2. The lowest BCUT2D eigenvalue weighted by Gasteiger charge is -2.06. The minimum absolute atomic E-state index is 0.0267. The number of hydrogen-bond acceptors (Lipinski definition) is 4. The lowest BCUT2D eigenvalue weighted by Crippen LogP contribution is -2.13. The SMILES string of the molecule is Nc1ccc(F)c(NC(=O)c2cncnc2)c1. The summed E-state index contributed by atoms with van der Waals surface area (Å²) in [5, 5.41) is 2.39. The van der Waals surface area contributed by atoms with Gasteiger partial charge in [-0.15, -0.1) is 0 Å². The van der Waals surface area contributed by atoms with E-state index in [1.807, 2.05) is 0 Å². The molecule has 86 valence electrons. The van der Waals surface area contributed by atoms with Gasteiger partial charge in [0.15, 0.2) is 0 Å². The van der Waals surface area contributed by atoms with Crippen LogP contribution >= 0.6 is 0 Å². The Bertz CT molecular complexity index is 544. The minimum Gasteiger partial charge on any atom is -0.399 e. The van der Waals surface area contributed by atoms with Crippen LogP contribution in [0.4, 0.5) is 15.8 Å². The number of benzene rings is 1. The highest BCUT2D eigenvalue weighted by Gasteiger charge is 2.09. The Hall–Kier alpha value is -2.50. The largest absolute Gasteiger partial charge is 0.399 e. The molecule has 0 aliphatic rings. The molecular weight excluding hydrogens is 223 g/mol. The number of amides is 1. The van der Waals surface area contributed by atoms with Crippen LogP contribution in [0.2, 0.25) is 0 Å². The molecule has 0 aliphatic carbocycles. The molecule has 1 aromatic carbocycles. The molecule has 1 amide bonds. The van der Waals surface area contributed by atoms with Gasteiger partial charge in [0, 0.05) is 18.1 Å². The molecule has 1 heterocycles. The summed E-state index contributed by atoms with van der Waals surface area (Å²) < 4.78 is 13.3. The van der Waals surface area contributed by atoms with Crippen molar-refractivity contribution in [1.29, 1.82) is 0 Å². The third-order valence-corrected chi connectivity index (χ3v) is 2.06. The molecule has 1 aromatic heterocycles.